The lowest BCUT2D eigenvalue weighted by Gasteiger charge is -2.18. The van der Waals surface area contributed by atoms with Gasteiger partial charge in [0, 0.05) is 13.2 Å². The zero-order valence-corrected chi connectivity index (χ0v) is 10.8. The minimum Gasteiger partial charge on any atom is -0.381 e. The number of unbranched alkanes of at least 4 members (excludes halogenated alkanes) is 3. The summed E-state index contributed by atoms with van der Waals surface area (Å²) in [5.41, 5.74) is 5.21. The van der Waals surface area contributed by atoms with Crippen molar-refractivity contribution in [2.24, 2.45) is 5.73 Å². The quantitative estimate of drug-likeness (QED) is 0.582. The number of hydrogen-bond acceptors (Lipinski definition) is 3. The Morgan fingerprint density at radius 1 is 1.12 bits per heavy atom. The standard InChI is InChI=1S/C13H26N2O/c1-3-5-6-7-10-16-11-8-9-13(15,4-2)12-14/h3-11,15H2,1-2H3. The van der Waals surface area contributed by atoms with Crippen LogP contribution in [0, 0.1) is 11.3 Å². The van der Waals surface area contributed by atoms with Crippen LogP contribution in [0.15, 0.2) is 0 Å². The molecule has 0 saturated carbocycles. The van der Waals surface area contributed by atoms with Crippen LogP contribution in [0.5, 0.6) is 0 Å². The fraction of sp³-hybridized carbons (Fsp3) is 0.923. The Labute approximate surface area is 100.0 Å². The molecule has 0 aromatic carbocycles. The first-order valence-corrected chi connectivity index (χ1v) is 6.46. The topological polar surface area (TPSA) is 59.0 Å². The monoisotopic (exact) mass is 226 g/mol. The SMILES string of the molecule is CCCCCCOCCCC(N)(C#N)CC. The molecule has 0 aromatic heterocycles. The van der Waals surface area contributed by atoms with Crippen molar-refractivity contribution in [1.82, 2.24) is 0 Å². The Kier molecular flexibility index (Phi) is 9.27. The summed E-state index contributed by atoms with van der Waals surface area (Å²) in [6, 6.07) is 2.17. The fourth-order valence-electron chi connectivity index (χ4n) is 1.53. The molecule has 0 aliphatic carbocycles. The number of nitrogens with zero attached hydrogens (tertiary/aromatic N) is 1. The van der Waals surface area contributed by atoms with E-state index in [2.05, 4.69) is 13.0 Å². The van der Waals surface area contributed by atoms with Gasteiger partial charge in [-0.15, -0.1) is 0 Å². The van der Waals surface area contributed by atoms with Gasteiger partial charge in [0.05, 0.1) is 6.07 Å². The van der Waals surface area contributed by atoms with Crippen LogP contribution < -0.4 is 5.73 Å². The van der Waals surface area contributed by atoms with Gasteiger partial charge in [0.15, 0.2) is 0 Å². The summed E-state index contributed by atoms with van der Waals surface area (Å²) in [6.45, 7) is 5.73. The molecule has 0 aliphatic heterocycles. The average molecular weight is 226 g/mol. The van der Waals surface area contributed by atoms with Gasteiger partial charge in [-0.1, -0.05) is 33.1 Å². The molecule has 0 bridgehead atoms. The third-order valence-corrected chi connectivity index (χ3v) is 2.91. The molecule has 1 atom stereocenters. The van der Waals surface area contributed by atoms with Gasteiger partial charge in [0.25, 0.3) is 0 Å². The third-order valence-electron chi connectivity index (χ3n) is 2.91. The molecule has 1 unspecified atom stereocenters. The van der Waals surface area contributed by atoms with Crippen LogP contribution in [-0.2, 0) is 4.74 Å². The van der Waals surface area contributed by atoms with Crippen molar-refractivity contribution in [1.29, 1.82) is 5.26 Å². The second kappa shape index (κ2) is 9.62. The van der Waals surface area contributed by atoms with Crippen LogP contribution in [0.3, 0.4) is 0 Å². The molecule has 3 heteroatoms. The van der Waals surface area contributed by atoms with Crippen molar-refractivity contribution in [3.63, 3.8) is 0 Å². The van der Waals surface area contributed by atoms with E-state index in [1.54, 1.807) is 0 Å². The van der Waals surface area contributed by atoms with E-state index in [1.807, 2.05) is 6.92 Å². The molecule has 0 saturated heterocycles. The first-order valence-electron chi connectivity index (χ1n) is 6.46. The number of ether oxygens (including phenoxy) is 1. The molecule has 16 heavy (non-hydrogen) atoms. The number of nitriles is 1. The van der Waals surface area contributed by atoms with Crippen molar-refractivity contribution in [2.45, 2.75) is 64.3 Å². The van der Waals surface area contributed by atoms with E-state index in [0.29, 0.717) is 6.42 Å². The zero-order chi connectivity index (χ0) is 12.3. The van der Waals surface area contributed by atoms with Crippen LogP contribution in [0.4, 0.5) is 0 Å². The highest BCUT2D eigenvalue weighted by Gasteiger charge is 2.20. The molecule has 2 N–H and O–H groups in total. The highest BCUT2D eigenvalue weighted by Crippen LogP contribution is 2.12. The van der Waals surface area contributed by atoms with Gasteiger partial charge < -0.3 is 10.5 Å². The summed E-state index contributed by atoms with van der Waals surface area (Å²) in [7, 11) is 0. The highest BCUT2D eigenvalue weighted by atomic mass is 16.5. The van der Waals surface area contributed by atoms with Crippen molar-refractivity contribution in [2.75, 3.05) is 13.2 Å². The van der Waals surface area contributed by atoms with Gasteiger partial charge >= 0.3 is 0 Å². The van der Waals surface area contributed by atoms with Gasteiger partial charge in [-0.05, 0) is 25.7 Å². The molecule has 0 rings (SSSR count). The lowest BCUT2D eigenvalue weighted by molar-refractivity contribution is 0.123. The first-order chi connectivity index (χ1) is 7.68. The summed E-state index contributed by atoms with van der Waals surface area (Å²) < 4.78 is 5.50. The number of rotatable bonds is 10. The first kappa shape index (κ1) is 15.4. The highest BCUT2D eigenvalue weighted by molar-refractivity contribution is 5.03. The average Bonchev–Trinajstić information content (AvgIpc) is 2.32. The normalized spacial score (nSPS) is 14.4. The van der Waals surface area contributed by atoms with Gasteiger partial charge in [0.1, 0.15) is 5.54 Å². The molecule has 3 nitrogen and oxygen atoms in total. The number of nitrogens with two attached hydrogens (primary N) is 1. The fourth-order valence-corrected chi connectivity index (χ4v) is 1.53. The molecule has 0 spiro atoms. The van der Waals surface area contributed by atoms with Crippen LogP contribution in [0.2, 0.25) is 0 Å². The van der Waals surface area contributed by atoms with Crippen molar-refractivity contribution in [3.05, 3.63) is 0 Å². The minimum atomic E-state index is -0.647. The second-order valence-corrected chi connectivity index (χ2v) is 4.40. The predicted octanol–water partition coefficient (Wildman–Crippen LogP) is 2.99. The molecule has 94 valence electrons. The Morgan fingerprint density at radius 3 is 2.38 bits per heavy atom. The van der Waals surface area contributed by atoms with E-state index >= 15 is 0 Å². The maximum absolute atomic E-state index is 8.87. The van der Waals surface area contributed by atoms with Crippen LogP contribution in [0.1, 0.15) is 58.8 Å². The second-order valence-electron chi connectivity index (χ2n) is 4.40. The van der Waals surface area contributed by atoms with Gasteiger partial charge in [-0.3, -0.25) is 0 Å². The van der Waals surface area contributed by atoms with E-state index in [-0.39, 0.29) is 0 Å². The lowest BCUT2D eigenvalue weighted by Crippen LogP contribution is -2.37. The minimum absolute atomic E-state index is 0.647. The predicted molar refractivity (Wildman–Crippen MR) is 67.0 cm³/mol. The summed E-state index contributed by atoms with van der Waals surface area (Å²) in [5, 5.41) is 8.87. The molecular formula is C13H26N2O. The Morgan fingerprint density at radius 2 is 1.81 bits per heavy atom. The van der Waals surface area contributed by atoms with Crippen molar-refractivity contribution >= 4 is 0 Å². The Balaban J connectivity index is 3.30. The summed E-state index contributed by atoms with van der Waals surface area (Å²) in [5.74, 6) is 0. The lowest BCUT2D eigenvalue weighted by atomic mass is 9.94. The van der Waals surface area contributed by atoms with Crippen molar-refractivity contribution in [3.8, 4) is 6.07 Å². The van der Waals surface area contributed by atoms with Gasteiger partial charge in [-0.2, -0.15) is 5.26 Å². The van der Waals surface area contributed by atoms with E-state index in [9.17, 15) is 0 Å². The molecular weight excluding hydrogens is 200 g/mol. The molecule has 0 heterocycles. The third kappa shape index (κ3) is 7.67. The summed E-state index contributed by atoms with van der Waals surface area (Å²) >= 11 is 0. The summed E-state index contributed by atoms with van der Waals surface area (Å²) in [6.07, 6.45) is 7.27. The molecule has 0 radical (unpaired) electrons. The maximum Gasteiger partial charge on any atom is 0.104 e. The number of hydrogen-bond donors (Lipinski definition) is 1. The van der Waals surface area contributed by atoms with E-state index in [0.717, 1.165) is 32.5 Å². The zero-order valence-electron chi connectivity index (χ0n) is 10.8. The van der Waals surface area contributed by atoms with E-state index < -0.39 is 5.54 Å². The maximum atomic E-state index is 8.87. The summed E-state index contributed by atoms with van der Waals surface area (Å²) in [4.78, 5) is 0. The molecule has 0 aromatic rings. The Hall–Kier alpha value is -0.590. The van der Waals surface area contributed by atoms with Gasteiger partial charge in [-0.25, -0.2) is 0 Å². The van der Waals surface area contributed by atoms with Gasteiger partial charge in [0.2, 0.25) is 0 Å². The molecule has 0 aliphatic rings. The van der Waals surface area contributed by atoms with Crippen molar-refractivity contribution < 1.29 is 4.74 Å². The van der Waals surface area contributed by atoms with E-state index in [1.165, 1.54) is 19.3 Å². The van der Waals surface area contributed by atoms with E-state index in [4.69, 9.17) is 15.7 Å². The van der Waals surface area contributed by atoms with Crippen LogP contribution in [0.25, 0.3) is 0 Å². The molecule has 0 fully saturated rings. The smallest absolute Gasteiger partial charge is 0.104 e. The molecule has 0 amide bonds. The van der Waals surface area contributed by atoms with Crippen LogP contribution >= 0.6 is 0 Å². The largest absolute Gasteiger partial charge is 0.381 e. The van der Waals surface area contributed by atoms with Crippen LogP contribution in [-0.4, -0.2) is 18.8 Å². The Bertz CT molecular complexity index is 201.